The van der Waals surface area contributed by atoms with Crippen LogP contribution in [0, 0.1) is 12.7 Å². The number of hydrogen-bond acceptors (Lipinski definition) is 4. The quantitative estimate of drug-likeness (QED) is 0.706. The van der Waals surface area contributed by atoms with Crippen LogP contribution in [0.4, 0.5) is 10.1 Å². The lowest BCUT2D eigenvalue weighted by atomic mass is 10.1. The van der Waals surface area contributed by atoms with Gasteiger partial charge in [0.2, 0.25) is 0 Å². The Hall–Kier alpha value is -2.45. The van der Waals surface area contributed by atoms with Gasteiger partial charge in [-0.05, 0) is 62.2 Å². The van der Waals surface area contributed by atoms with Crippen molar-refractivity contribution >= 4 is 21.6 Å². The molecule has 0 radical (unpaired) electrons. The Balaban J connectivity index is 1.78. The third-order valence-electron chi connectivity index (χ3n) is 4.53. The molecule has 1 amide bonds. The highest BCUT2D eigenvalue weighted by Crippen LogP contribution is 2.21. The largest absolute Gasteiger partial charge is 0.350 e. The van der Waals surface area contributed by atoms with Gasteiger partial charge in [-0.25, -0.2) is 12.8 Å². The number of halogens is 1. The van der Waals surface area contributed by atoms with E-state index in [1.165, 1.54) is 25.1 Å². The van der Waals surface area contributed by atoms with Crippen LogP contribution in [0.15, 0.2) is 47.4 Å². The number of carbonyl (C=O) groups excluding carboxylic acids is 1. The number of para-hydroxylation sites is 1. The maximum Gasteiger partial charge on any atom is 0.261 e. The Morgan fingerprint density at radius 2 is 2.04 bits per heavy atom. The lowest BCUT2D eigenvalue weighted by Gasteiger charge is -2.15. The number of benzene rings is 2. The van der Waals surface area contributed by atoms with E-state index in [0.717, 1.165) is 25.5 Å². The molecule has 0 bridgehead atoms. The second-order valence-corrected chi connectivity index (χ2v) is 8.25. The van der Waals surface area contributed by atoms with E-state index in [0.29, 0.717) is 6.54 Å². The first kappa shape index (κ1) is 19.3. The Kier molecular flexibility index (Phi) is 5.76. The number of hydrogen-bond donors (Lipinski definition) is 3. The van der Waals surface area contributed by atoms with Crippen LogP contribution in [-0.2, 0) is 10.0 Å². The number of anilines is 1. The Morgan fingerprint density at radius 1 is 1.26 bits per heavy atom. The van der Waals surface area contributed by atoms with Gasteiger partial charge in [0.25, 0.3) is 15.9 Å². The van der Waals surface area contributed by atoms with Crippen molar-refractivity contribution in [1.82, 2.24) is 10.6 Å². The molecule has 0 aromatic heterocycles. The summed E-state index contributed by atoms with van der Waals surface area (Å²) >= 11 is 0. The average Bonchev–Trinajstić information content (AvgIpc) is 3.15. The summed E-state index contributed by atoms with van der Waals surface area (Å²) in [7, 11) is -3.95. The minimum Gasteiger partial charge on any atom is -0.350 e. The van der Waals surface area contributed by atoms with Crippen molar-refractivity contribution in [1.29, 1.82) is 0 Å². The van der Waals surface area contributed by atoms with Crippen LogP contribution >= 0.6 is 0 Å². The summed E-state index contributed by atoms with van der Waals surface area (Å²) in [5, 5.41) is 6.13. The molecule has 144 valence electrons. The van der Waals surface area contributed by atoms with E-state index in [-0.39, 0.29) is 33.7 Å². The van der Waals surface area contributed by atoms with E-state index in [2.05, 4.69) is 15.4 Å². The SMILES string of the molecule is Cc1cc(S(=O)(=O)Nc2ccccc2C(=O)NCC2CCCN2)ccc1F. The van der Waals surface area contributed by atoms with Crippen LogP contribution in [-0.4, -0.2) is 33.5 Å². The van der Waals surface area contributed by atoms with Gasteiger partial charge in [0.05, 0.1) is 16.1 Å². The summed E-state index contributed by atoms with van der Waals surface area (Å²) in [6, 6.07) is 10.2. The van der Waals surface area contributed by atoms with Crippen molar-refractivity contribution in [3.05, 3.63) is 59.4 Å². The van der Waals surface area contributed by atoms with Gasteiger partial charge in [0.1, 0.15) is 5.82 Å². The van der Waals surface area contributed by atoms with Crippen LogP contribution in [0.1, 0.15) is 28.8 Å². The first-order chi connectivity index (χ1) is 12.9. The van der Waals surface area contributed by atoms with Crippen LogP contribution in [0.3, 0.4) is 0 Å². The van der Waals surface area contributed by atoms with Gasteiger partial charge in [-0.2, -0.15) is 0 Å². The number of amides is 1. The minimum atomic E-state index is -3.95. The summed E-state index contributed by atoms with van der Waals surface area (Å²) in [6.07, 6.45) is 2.08. The van der Waals surface area contributed by atoms with E-state index in [4.69, 9.17) is 0 Å². The maximum absolute atomic E-state index is 13.4. The molecule has 1 aliphatic rings. The molecule has 2 aromatic carbocycles. The molecular weight excluding hydrogens is 369 g/mol. The molecule has 27 heavy (non-hydrogen) atoms. The molecule has 1 atom stereocenters. The molecule has 1 unspecified atom stereocenters. The average molecular weight is 391 g/mol. The van der Waals surface area contributed by atoms with E-state index in [9.17, 15) is 17.6 Å². The Bertz CT molecular complexity index is 941. The van der Waals surface area contributed by atoms with Gasteiger partial charge in [-0.1, -0.05) is 12.1 Å². The normalized spacial score (nSPS) is 16.9. The van der Waals surface area contributed by atoms with Crippen LogP contribution < -0.4 is 15.4 Å². The number of nitrogens with one attached hydrogen (secondary N) is 3. The molecule has 6 nitrogen and oxygen atoms in total. The fourth-order valence-electron chi connectivity index (χ4n) is 3.00. The van der Waals surface area contributed by atoms with E-state index < -0.39 is 15.8 Å². The van der Waals surface area contributed by atoms with Crippen molar-refractivity contribution in [3.63, 3.8) is 0 Å². The molecule has 0 saturated carbocycles. The fraction of sp³-hybridized carbons (Fsp3) is 0.316. The Morgan fingerprint density at radius 3 is 2.74 bits per heavy atom. The molecule has 0 spiro atoms. The number of sulfonamides is 1. The number of aryl methyl sites for hydroxylation is 1. The molecule has 3 N–H and O–H groups in total. The zero-order chi connectivity index (χ0) is 19.4. The van der Waals surface area contributed by atoms with Gasteiger partial charge >= 0.3 is 0 Å². The summed E-state index contributed by atoms with van der Waals surface area (Å²) < 4.78 is 41.1. The van der Waals surface area contributed by atoms with E-state index in [1.54, 1.807) is 18.2 Å². The first-order valence-electron chi connectivity index (χ1n) is 8.76. The molecule has 2 aromatic rings. The summed E-state index contributed by atoms with van der Waals surface area (Å²) in [5.41, 5.74) is 0.641. The molecule has 1 heterocycles. The molecule has 1 fully saturated rings. The summed E-state index contributed by atoms with van der Waals surface area (Å²) in [5.74, 6) is -0.827. The zero-order valence-electron chi connectivity index (χ0n) is 15.0. The second kappa shape index (κ2) is 8.06. The highest BCUT2D eigenvalue weighted by atomic mass is 32.2. The second-order valence-electron chi connectivity index (χ2n) is 6.57. The van der Waals surface area contributed by atoms with Crippen LogP contribution in [0.2, 0.25) is 0 Å². The number of rotatable bonds is 6. The number of carbonyl (C=O) groups is 1. The zero-order valence-corrected chi connectivity index (χ0v) is 15.8. The van der Waals surface area contributed by atoms with E-state index in [1.807, 2.05) is 0 Å². The molecule has 8 heteroatoms. The summed E-state index contributed by atoms with van der Waals surface area (Å²) in [6.45, 7) is 2.91. The van der Waals surface area contributed by atoms with Crippen LogP contribution in [0.5, 0.6) is 0 Å². The smallest absolute Gasteiger partial charge is 0.261 e. The maximum atomic E-state index is 13.4. The molecule has 3 rings (SSSR count). The van der Waals surface area contributed by atoms with Crippen molar-refractivity contribution in [2.45, 2.75) is 30.7 Å². The van der Waals surface area contributed by atoms with Crippen molar-refractivity contribution < 1.29 is 17.6 Å². The standard InChI is InChI=1S/C19H22FN3O3S/c1-13-11-15(8-9-17(13)20)27(25,26)23-18-7-3-2-6-16(18)19(24)22-12-14-5-4-10-21-14/h2-3,6-9,11,14,21,23H,4-5,10,12H2,1H3,(H,22,24). The third-order valence-corrected chi connectivity index (χ3v) is 5.89. The van der Waals surface area contributed by atoms with Crippen molar-refractivity contribution in [2.75, 3.05) is 17.8 Å². The topological polar surface area (TPSA) is 87.3 Å². The van der Waals surface area contributed by atoms with Crippen molar-refractivity contribution in [2.24, 2.45) is 0 Å². The highest BCUT2D eigenvalue weighted by molar-refractivity contribution is 7.92. The lowest BCUT2D eigenvalue weighted by Crippen LogP contribution is -2.37. The molecule has 1 aliphatic heterocycles. The molecule has 0 aliphatic carbocycles. The van der Waals surface area contributed by atoms with Gasteiger partial charge in [0, 0.05) is 12.6 Å². The van der Waals surface area contributed by atoms with Gasteiger partial charge in [-0.15, -0.1) is 0 Å². The first-order valence-corrected chi connectivity index (χ1v) is 10.2. The Labute approximate surface area is 158 Å². The highest BCUT2D eigenvalue weighted by Gasteiger charge is 2.20. The predicted molar refractivity (Wildman–Crippen MR) is 102 cm³/mol. The van der Waals surface area contributed by atoms with Crippen LogP contribution in [0.25, 0.3) is 0 Å². The lowest BCUT2D eigenvalue weighted by molar-refractivity contribution is 0.0951. The van der Waals surface area contributed by atoms with Crippen molar-refractivity contribution in [3.8, 4) is 0 Å². The van der Waals surface area contributed by atoms with Gasteiger partial charge in [-0.3, -0.25) is 9.52 Å². The third kappa shape index (κ3) is 4.64. The van der Waals surface area contributed by atoms with Gasteiger partial charge in [0.15, 0.2) is 0 Å². The fourth-order valence-corrected chi connectivity index (χ4v) is 4.16. The monoisotopic (exact) mass is 391 g/mol. The van der Waals surface area contributed by atoms with Gasteiger partial charge < -0.3 is 10.6 Å². The molecular formula is C19H22FN3O3S. The minimum absolute atomic E-state index is 0.0632. The van der Waals surface area contributed by atoms with E-state index >= 15 is 0 Å². The molecule has 1 saturated heterocycles. The summed E-state index contributed by atoms with van der Waals surface area (Å²) in [4.78, 5) is 12.5. The predicted octanol–water partition coefficient (Wildman–Crippen LogP) is 2.42.